The lowest BCUT2D eigenvalue weighted by molar-refractivity contribution is -0.384. The molecular formula is C23H18ClF2N3O5. The number of nitrogens with one attached hydrogen (secondary N) is 1. The maximum absolute atomic E-state index is 14.2. The molecule has 3 rings (SSSR count). The number of hydrogen-bond acceptors (Lipinski definition) is 5. The van der Waals surface area contributed by atoms with Crippen LogP contribution >= 0.6 is 11.6 Å². The smallest absolute Gasteiger partial charge is 0.348 e. The highest BCUT2D eigenvalue weighted by Gasteiger charge is 2.20. The van der Waals surface area contributed by atoms with Gasteiger partial charge in [-0.1, -0.05) is 17.7 Å². The zero-order chi connectivity index (χ0) is 24.8. The molecule has 1 N–H and O–H groups in total. The monoisotopic (exact) mass is 489 g/mol. The van der Waals surface area contributed by atoms with Crippen LogP contribution < -0.4 is 10.1 Å². The fourth-order valence-electron chi connectivity index (χ4n) is 2.73. The zero-order valence-corrected chi connectivity index (χ0v) is 18.7. The summed E-state index contributed by atoms with van der Waals surface area (Å²) in [5.41, 5.74) is -0.419. The van der Waals surface area contributed by atoms with Gasteiger partial charge >= 0.3 is 6.03 Å². The topological polar surface area (TPSA) is 103 Å². The van der Waals surface area contributed by atoms with E-state index in [1.807, 2.05) is 0 Å². The predicted octanol–water partition coefficient (Wildman–Crippen LogP) is 6.72. The van der Waals surface area contributed by atoms with Crippen LogP contribution in [-0.2, 0) is 4.74 Å². The summed E-state index contributed by atoms with van der Waals surface area (Å²) in [6, 6.07) is 12.0. The summed E-state index contributed by atoms with van der Waals surface area (Å²) in [5.74, 6) is -1.82. The molecule has 0 atom stereocenters. The van der Waals surface area contributed by atoms with Crippen LogP contribution in [0.25, 0.3) is 0 Å². The van der Waals surface area contributed by atoms with Crippen molar-refractivity contribution in [2.24, 2.45) is 4.99 Å². The summed E-state index contributed by atoms with van der Waals surface area (Å²) >= 11 is 6.21. The average molecular weight is 490 g/mol. The minimum atomic E-state index is -0.946. The number of urea groups is 1. The standard InChI is InChI=1S/C23H18ClF2N3O5/c1-13(2)33-22(21-18(25)4-3-5-19(21)26)28-23(30)27-14-6-11-20(17(24)12-14)34-16-9-7-15(8-10-16)29(31)32/h3-13H,1-2H3,(H,27,30). The molecule has 0 aromatic heterocycles. The van der Waals surface area contributed by atoms with Crippen LogP contribution in [0.5, 0.6) is 11.5 Å². The fraction of sp³-hybridized carbons (Fsp3) is 0.130. The lowest BCUT2D eigenvalue weighted by atomic mass is 10.2. The minimum Gasteiger partial charge on any atom is -0.474 e. The molecule has 0 spiro atoms. The van der Waals surface area contributed by atoms with E-state index in [-0.39, 0.29) is 22.1 Å². The van der Waals surface area contributed by atoms with Gasteiger partial charge in [-0.3, -0.25) is 10.1 Å². The van der Waals surface area contributed by atoms with Gasteiger partial charge in [-0.15, -0.1) is 0 Å². The molecule has 0 unspecified atom stereocenters. The molecule has 0 saturated carbocycles. The number of nitro groups is 1. The Labute approximate surface area is 197 Å². The van der Waals surface area contributed by atoms with E-state index in [0.717, 1.165) is 12.1 Å². The summed E-state index contributed by atoms with van der Waals surface area (Å²) in [5, 5.41) is 13.3. The maximum Gasteiger partial charge on any atom is 0.348 e. The maximum atomic E-state index is 14.2. The highest BCUT2D eigenvalue weighted by Crippen LogP contribution is 2.32. The van der Waals surface area contributed by atoms with Gasteiger partial charge < -0.3 is 14.8 Å². The van der Waals surface area contributed by atoms with E-state index in [2.05, 4.69) is 10.3 Å². The van der Waals surface area contributed by atoms with Gasteiger partial charge in [0.1, 0.15) is 28.7 Å². The van der Waals surface area contributed by atoms with Crippen molar-refractivity contribution in [3.63, 3.8) is 0 Å². The SMILES string of the molecule is CC(C)OC(=NC(=O)Nc1ccc(Oc2ccc([N+](=O)[O-])cc2)c(Cl)c1)c1c(F)cccc1F. The van der Waals surface area contributed by atoms with Gasteiger partial charge in [-0.2, -0.15) is 4.99 Å². The van der Waals surface area contributed by atoms with E-state index >= 15 is 0 Å². The van der Waals surface area contributed by atoms with Crippen molar-refractivity contribution in [2.45, 2.75) is 20.0 Å². The molecule has 0 radical (unpaired) electrons. The van der Waals surface area contributed by atoms with Crippen LogP contribution in [0.2, 0.25) is 5.02 Å². The number of hydrogen-bond donors (Lipinski definition) is 1. The van der Waals surface area contributed by atoms with Crippen LogP contribution in [0.1, 0.15) is 19.4 Å². The number of carbonyl (C=O) groups excluding carboxylic acids is 1. The Hall–Kier alpha value is -4.05. The molecule has 2 amide bonds. The molecule has 8 nitrogen and oxygen atoms in total. The van der Waals surface area contributed by atoms with E-state index in [0.29, 0.717) is 5.75 Å². The lowest BCUT2D eigenvalue weighted by Gasteiger charge is -2.14. The first-order valence-electron chi connectivity index (χ1n) is 9.86. The van der Waals surface area contributed by atoms with E-state index in [1.165, 1.54) is 48.5 Å². The largest absolute Gasteiger partial charge is 0.474 e. The third-order valence-electron chi connectivity index (χ3n) is 4.19. The molecule has 176 valence electrons. The third-order valence-corrected chi connectivity index (χ3v) is 4.48. The van der Waals surface area contributed by atoms with E-state index in [9.17, 15) is 23.7 Å². The highest BCUT2D eigenvalue weighted by atomic mass is 35.5. The molecule has 0 aliphatic heterocycles. The van der Waals surface area contributed by atoms with Gasteiger partial charge in [0.05, 0.1) is 16.0 Å². The molecule has 0 saturated heterocycles. The molecule has 0 bridgehead atoms. The number of halogens is 3. The first kappa shape index (κ1) is 24.6. The van der Waals surface area contributed by atoms with E-state index in [4.69, 9.17) is 21.1 Å². The molecule has 0 fully saturated rings. The van der Waals surface area contributed by atoms with Crippen molar-refractivity contribution in [3.8, 4) is 11.5 Å². The molecular weight excluding hydrogens is 472 g/mol. The summed E-state index contributed by atoms with van der Waals surface area (Å²) in [7, 11) is 0. The first-order valence-corrected chi connectivity index (χ1v) is 10.2. The van der Waals surface area contributed by atoms with Crippen LogP contribution in [0.15, 0.2) is 65.7 Å². The Bertz CT molecular complexity index is 1230. The Morgan fingerprint density at radius 3 is 2.29 bits per heavy atom. The number of carbonyl (C=O) groups is 1. The van der Waals surface area contributed by atoms with Crippen LogP contribution in [-0.4, -0.2) is 23.0 Å². The van der Waals surface area contributed by atoms with Crippen LogP contribution in [0.4, 0.5) is 25.0 Å². The van der Waals surface area contributed by atoms with Gasteiger partial charge in [-0.05, 0) is 56.3 Å². The molecule has 3 aromatic carbocycles. The number of anilines is 1. The minimum absolute atomic E-state index is 0.0897. The van der Waals surface area contributed by atoms with Crippen molar-refractivity contribution in [2.75, 3.05) is 5.32 Å². The number of rotatable bonds is 6. The number of aliphatic imine (C=N–C) groups is 1. The lowest BCUT2D eigenvalue weighted by Crippen LogP contribution is -2.19. The van der Waals surface area contributed by atoms with Gasteiger partial charge in [0.2, 0.25) is 5.90 Å². The van der Waals surface area contributed by atoms with Gasteiger partial charge in [0.15, 0.2) is 0 Å². The van der Waals surface area contributed by atoms with E-state index < -0.39 is 40.2 Å². The Kier molecular flexibility index (Phi) is 7.75. The van der Waals surface area contributed by atoms with Crippen molar-refractivity contribution in [1.82, 2.24) is 0 Å². The van der Waals surface area contributed by atoms with Crippen LogP contribution in [0, 0.1) is 21.7 Å². The van der Waals surface area contributed by atoms with Gasteiger partial charge in [-0.25, -0.2) is 13.6 Å². The number of nitro benzene ring substituents is 1. The van der Waals surface area contributed by atoms with Crippen molar-refractivity contribution in [1.29, 1.82) is 0 Å². The first-order chi connectivity index (χ1) is 16.1. The number of amides is 2. The van der Waals surface area contributed by atoms with Gasteiger partial charge in [0, 0.05) is 17.8 Å². The van der Waals surface area contributed by atoms with E-state index in [1.54, 1.807) is 13.8 Å². The molecule has 34 heavy (non-hydrogen) atoms. The third kappa shape index (κ3) is 6.26. The molecule has 11 heteroatoms. The van der Waals surface area contributed by atoms with Gasteiger partial charge in [0.25, 0.3) is 5.69 Å². The second kappa shape index (κ2) is 10.7. The summed E-state index contributed by atoms with van der Waals surface area (Å²) in [6.45, 7) is 3.24. The average Bonchev–Trinajstić information content (AvgIpc) is 2.75. The summed E-state index contributed by atoms with van der Waals surface area (Å²) in [6.07, 6.45) is -0.504. The molecule has 0 heterocycles. The fourth-order valence-corrected chi connectivity index (χ4v) is 2.95. The highest BCUT2D eigenvalue weighted by molar-refractivity contribution is 6.32. The number of nitrogens with zero attached hydrogens (tertiary/aromatic N) is 2. The second-order valence-electron chi connectivity index (χ2n) is 7.11. The Morgan fingerprint density at radius 2 is 1.74 bits per heavy atom. The molecule has 0 aliphatic carbocycles. The van der Waals surface area contributed by atoms with Crippen molar-refractivity contribution < 1.29 is 28.0 Å². The number of non-ortho nitro benzene ring substituents is 1. The summed E-state index contributed by atoms with van der Waals surface area (Å²) in [4.78, 5) is 26.3. The Balaban J connectivity index is 1.77. The molecule has 0 aliphatic rings. The zero-order valence-electron chi connectivity index (χ0n) is 17.9. The van der Waals surface area contributed by atoms with Crippen molar-refractivity contribution in [3.05, 3.63) is 93.0 Å². The number of ether oxygens (including phenoxy) is 2. The summed E-state index contributed by atoms with van der Waals surface area (Å²) < 4.78 is 39.3. The predicted molar refractivity (Wildman–Crippen MR) is 123 cm³/mol. The quantitative estimate of drug-likeness (QED) is 0.179. The van der Waals surface area contributed by atoms with Crippen LogP contribution in [0.3, 0.4) is 0 Å². The molecule has 3 aromatic rings. The Morgan fingerprint density at radius 1 is 1.09 bits per heavy atom. The normalized spacial score (nSPS) is 11.3. The number of benzene rings is 3. The van der Waals surface area contributed by atoms with Crippen molar-refractivity contribution >= 4 is 34.9 Å². The second-order valence-corrected chi connectivity index (χ2v) is 7.52.